The van der Waals surface area contributed by atoms with Gasteiger partial charge in [0.25, 0.3) is 5.22 Å². The van der Waals surface area contributed by atoms with Gasteiger partial charge in [0, 0.05) is 17.5 Å². The van der Waals surface area contributed by atoms with E-state index in [0.717, 1.165) is 34.8 Å². The zero-order valence-electron chi connectivity index (χ0n) is 12.4. The van der Waals surface area contributed by atoms with Crippen molar-refractivity contribution in [1.82, 2.24) is 20.2 Å². The summed E-state index contributed by atoms with van der Waals surface area (Å²) in [7, 11) is 0. The maximum Gasteiger partial charge on any atom is 0.283 e. The molecule has 0 spiro atoms. The number of rotatable bonds is 4. The number of nitrogens with zero attached hydrogens (tertiary/aromatic N) is 4. The lowest BCUT2D eigenvalue weighted by molar-refractivity contribution is 0.465. The topological polar surface area (TPSA) is 64.7 Å². The Morgan fingerprint density at radius 2 is 2.00 bits per heavy atom. The summed E-state index contributed by atoms with van der Waals surface area (Å²) in [6.07, 6.45) is 2.25. The largest absolute Gasteiger partial charge is 0.411 e. The van der Waals surface area contributed by atoms with E-state index in [1.54, 1.807) is 6.07 Å². The molecule has 0 amide bonds. The van der Waals surface area contributed by atoms with E-state index >= 15 is 0 Å². The minimum Gasteiger partial charge on any atom is -0.411 e. The van der Waals surface area contributed by atoms with Crippen LogP contribution in [0.25, 0.3) is 11.5 Å². The fourth-order valence-electron chi connectivity index (χ4n) is 2.25. The average Bonchev–Trinajstić information content (AvgIpc) is 3.28. The van der Waals surface area contributed by atoms with E-state index in [-0.39, 0.29) is 0 Å². The lowest BCUT2D eigenvalue weighted by Crippen LogP contribution is -1.94. The van der Waals surface area contributed by atoms with Crippen molar-refractivity contribution in [3.63, 3.8) is 0 Å². The van der Waals surface area contributed by atoms with Crippen LogP contribution in [0, 0.1) is 6.92 Å². The van der Waals surface area contributed by atoms with Crippen molar-refractivity contribution < 1.29 is 4.42 Å². The van der Waals surface area contributed by atoms with Gasteiger partial charge in [0.2, 0.25) is 5.89 Å². The fourth-order valence-corrected chi connectivity index (χ4v) is 3.20. The molecule has 2 aromatic heterocycles. The zero-order chi connectivity index (χ0) is 15.8. The normalized spacial score (nSPS) is 14.2. The molecule has 1 aliphatic carbocycles. The monoisotopic (exact) mass is 344 g/mol. The predicted octanol–water partition coefficient (Wildman–Crippen LogP) is 4.52. The Morgan fingerprint density at radius 3 is 2.78 bits per heavy atom. The molecule has 7 heteroatoms. The minimum absolute atomic E-state index is 0.443. The molecule has 0 radical (unpaired) electrons. The second-order valence-electron chi connectivity index (χ2n) is 5.45. The Bertz CT molecular complexity index is 863. The second-order valence-corrected chi connectivity index (χ2v) is 6.81. The van der Waals surface area contributed by atoms with Crippen molar-refractivity contribution in [2.45, 2.75) is 35.9 Å². The van der Waals surface area contributed by atoms with E-state index in [0.29, 0.717) is 22.2 Å². The van der Waals surface area contributed by atoms with Crippen molar-refractivity contribution in [2.75, 3.05) is 0 Å². The highest BCUT2D eigenvalue weighted by Gasteiger charge is 2.27. The maximum atomic E-state index is 6.08. The lowest BCUT2D eigenvalue weighted by atomic mass is 10.1. The van der Waals surface area contributed by atoms with Gasteiger partial charge in [-0.1, -0.05) is 29.8 Å². The molecule has 1 aliphatic rings. The number of aryl methyl sites for hydroxylation is 1. The summed E-state index contributed by atoms with van der Waals surface area (Å²) >= 11 is 7.39. The van der Waals surface area contributed by atoms with Crippen LogP contribution in [0.2, 0.25) is 5.15 Å². The van der Waals surface area contributed by atoms with Crippen LogP contribution in [0.4, 0.5) is 0 Å². The van der Waals surface area contributed by atoms with Crippen LogP contribution < -0.4 is 0 Å². The van der Waals surface area contributed by atoms with Crippen LogP contribution in [0.1, 0.15) is 30.1 Å². The van der Waals surface area contributed by atoms with Gasteiger partial charge in [-0.25, -0.2) is 9.97 Å². The van der Waals surface area contributed by atoms with Gasteiger partial charge in [0.15, 0.2) is 0 Å². The third kappa shape index (κ3) is 3.23. The van der Waals surface area contributed by atoms with Gasteiger partial charge in [-0.15, -0.1) is 10.2 Å². The first kappa shape index (κ1) is 14.7. The van der Waals surface area contributed by atoms with Crippen LogP contribution in [-0.2, 0) is 0 Å². The van der Waals surface area contributed by atoms with E-state index in [4.69, 9.17) is 16.0 Å². The minimum atomic E-state index is 0.443. The molecule has 0 N–H and O–H groups in total. The molecule has 2 heterocycles. The molecule has 5 nitrogen and oxygen atoms in total. The van der Waals surface area contributed by atoms with E-state index in [1.807, 2.05) is 31.2 Å². The Balaban J connectivity index is 1.59. The van der Waals surface area contributed by atoms with Crippen LogP contribution in [0.3, 0.4) is 0 Å². The number of aromatic nitrogens is 4. The molecule has 0 bridgehead atoms. The summed E-state index contributed by atoms with van der Waals surface area (Å²) in [4.78, 5) is 8.81. The van der Waals surface area contributed by atoms with E-state index < -0.39 is 0 Å². The molecular formula is C16H13ClN4OS. The van der Waals surface area contributed by atoms with Crippen molar-refractivity contribution in [3.8, 4) is 11.5 Å². The van der Waals surface area contributed by atoms with Gasteiger partial charge in [0.1, 0.15) is 16.0 Å². The first-order valence-electron chi connectivity index (χ1n) is 7.31. The summed E-state index contributed by atoms with van der Waals surface area (Å²) in [5, 5.41) is 9.83. The number of hydrogen-bond acceptors (Lipinski definition) is 6. The Hall–Kier alpha value is -1.92. The summed E-state index contributed by atoms with van der Waals surface area (Å²) in [6, 6.07) is 9.62. The molecule has 23 heavy (non-hydrogen) atoms. The van der Waals surface area contributed by atoms with Crippen LogP contribution in [-0.4, -0.2) is 20.2 Å². The SMILES string of the molecule is Cc1ccccc1-c1nnc(Sc2cc(Cl)nc(C3CC3)n2)o1. The van der Waals surface area contributed by atoms with Crippen molar-refractivity contribution >= 4 is 23.4 Å². The number of benzene rings is 1. The van der Waals surface area contributed by atoms with Gasteiger partial charge >= 0.3 is 0 Å². The predicted molar refractivity (Wildman–Crippen MR) is 87.6 cm³/mol. The smallest absolute Gasteiger partial charge is 0.283 e. The fraction of sp³-hybridized carbons (Fsp3) is 0.250. The first-order valence-corrected chi connectivity index (χ1v) is 8.50. The Labute approximate surface area is 142 Å². The first-order chi connectivity index (χ1) is 11.2. The number of halogens is 1. The molecule has 0 atom stereocenters. The highest BCUT2D eigenvalue weighted by atomic mass is 35.5. The van der Waals surface area contributed by atoms with Crippen molar-refractivity contribution in [1.29, 1.82) is 0 Å². The van der Waals surface area contributed by atoms with Crippen LogP contribution in [0.15, 0.2) is 45.0 Å². The van der Waals surface area contributed by atoms with Crippen molar-refractivity contribution in [3.05, 3.63) is 46.9 Å². The summed E-state index contributed by atoms with van der Waals surface area (Å²) < 4.78 is 5.75. The van der Waals surface area contributed by atoms with E-state index in [2.05, 4.69) is 20.2 Å². The van der Waals surface area contributed by atoms with Gasteiger partial charge in [-0.2, -0.15) is 0 Å². The third-order valence-electron chi connectivity index (χ3n) is 3.60. The molecule has 4 rings (SSSR count). The van der Waals surface area contributed by atoms with Gasteiger partial charge in [0.05, 0.1) is 0 Å². The molecule has 1 aromatic carbocycles. The highest BCUT2D eigenvalue weighted by molar-refractivity contribution is 7.99. The zero-order valence-corrected chi connectivity index (χ0v) is 13.9. The third-order valence-corrected chi connectivity index (χ3v) is 4.56. The quantitative estimate of drug-likeness (QED) is 0.648. The second kappa shape index (κ2) is 5.94. The highest BCUT2D eigenvalue weighted by Crippen LogP contribution is 2.39. The van der Waals surface area contributed by atoms with Gasteiger partial charge in [-0.05, 0) is 43.2 Å². The molecular weight excluding hydrogens is 332 g/mol. The standard InChI is InChI=1S/C16H13ClN4OS/c1-9-4-2-3-5-11(9)15-20-21-16(22-15)23-13-8-12(17)18-14(19-13)10-6-7-10/h2-5,8,10H,6-7H2,1H3. The summed E-state index contributed by atoms with van der Waals surface area (Å²) in [5.41, 5.74) is 2.03. The average molecular weight is 345 g/mol. The Kier molecular flexibility index (Phi) is 3.79. The van der Waals surface area contributed by atoms with E-state index in [1.165, 1.54) is 11.8 Å². The van der Waals surface area contributed by atoms with Crippen molar-refractivity contribution in [2.24, 2.45) is 0 Å². The number of hydrogen-bond donors (Lipinski definition) is 0. The molecule has 0 saturated heterocycles. The Morgan fingerprint density at radius 1 is 1.17 bits per heavy atom. The molecule has 0 unspecified atom stereocenters. The molecule has 3 aromatic rings. The van der Waals surface area contributed by atoms with Gasteiger partial charge < -0.3 is 4.42 Å². The maximum absolute atomic E-state index is 6.08. The van der Waals surface area contributed by atoms with Crippen LogP contribution >= 0.6 is 23.4 Å². The molecule has 116 valence electrons. The molecule has 0 aliphatic heterocycles. The summed E-state index contributed by atoms with van der Waals surface area (Å²) in [6.45, 7) is 2.01. The van der Waals surface area contributed by atoms with E-state index in [9.17, 15) is 0 Å². The van der Waals surface area contributed by atoms with Gasteiger partial charge in [-0.3, -0.25) is 0 Å². The lowest BCUT2D eigenvalue weighted by Gasteiger charge is -2.01. The summed E-state index contributed by atoms with van der Waals surface area (Å²) in [5.74, 6) is 1.75. The molecule has 1 saturated carbocycles. The molecule has 1 fully saturated rings. The van der Waals surface area contributed by atoms with Crippen LogP contribution in [0.5, 0.6) is 0 Å².